The van der Waals surface area contributed by atoms with Crippen molar-refractivity contribution < 1.29 is 9.47 Å². The quantitative estimate of drug-likeness (QED) is 0.403. The van der Waals surface area contributed by atoms with E-state index in [0.717, 1.165) is 55.1 Å². The van der Waals surface area contributed by atoms with Crippen LogP contribution in [0.2, 0.25) is 0 Å². The van der Waals surface area contributed by atoms with E-state index in [1.807, 2.05) is 39.1 Å². The zero-order valence-corrected chi connectivity index (χ0v) is 20.7. The van der Waals surface area contributed by atoms with Gasteiger partial charge >= 0.3 is 0 Å². The normalized spacial score (nSPS) is 16.7. The zero-order valence-electron chi connectivity index (χ0n) is 20.7. The molecule has 2 fully saturated rings. The summed E-state index contributed by atoms with van der Waals surface area (Å²) in [4.78, 5) is 19.0. The number of rotatable bonds is 9. The maximum absolute atomic E-state index is 5.81. The third-order valence-corrected chi connectivity index (χ3v) is 6.13. The Hall–Kier alpha value is -3.10. The number of ether oxygens (including phenoxy) is 2. The predicted octanol–water partition coefficient (Wildman–Crippen LogP) is 4.12. The van der Waals surface area contributed by atoms with E-state index in [0.29, 0.717) is 19.2 Å². The molecular weight excluding hydrogens is 430 g/mol. The highest BCUT2D eigenvalue weighted by molar-refractivity contribution is 5.84. The van der Waals surface area contributed by atoms with Crippen LogP contribution in [-0.4, -0.2) is 67.6 Å². The number of anilines is 3. The predicted molar refractivity (Wildman–Crippen MR) is 137 cm³/mol. The molecule has 0 saturated carbocycles. The van der Waals surface area contributed by atoms with Gasteiger partial charge in [-0.1, -0.05) is 0 Å². The van der Waals surface area contributed by atoms with E-state index in [-0.39, 0.29) is 0 Å². The van der Waals surface area contributed by atoms with Gasteiger partial charge in [-0.2, -0.15) is 20.1 Å². The van der Waals surface area contributed by atoms with Crippen LogP contribution in [0.25, 0.3) is 0 Å². The second-order valence-electron chi connectivity index (χ2n) is 8.66. The Morgan fingerprint density at radius 2 is 1.44 bits per heavy atom. The highest BCUT2D eigenvalue weighted by atomic mass is 16.5. The van der Waals surface area contributed by atoms with Crippen LogP contribution in [0, 0.1) is 0 Å². The highest BCUT2D eigenvalue weighted by Crippen LogP contribution is 2.26. The Kier molecular flexibility index (Phi) is 8.38. The number of hydrogen-bond acceptors (Lipinski definition) is 9. The summed E-state index contributed by atoms with van der Waals surface area (Å²) in [6.07, 6.45) is 9.01. The molecule has 2 saturated heterocycles. The van der Waals surface area contributed by atoms with Gasteiger partial charge in [0.25, 0.3) is 5.95 Å². The van der Waals surface area contributed by atoms with E-state index in [4.69, 9.17) is 24.4 Å². The molecule has 0 atom stereocenters. The topological polar surface area (TPSA) is 79.2 Å². The number of aromatic nitrogens is 3. The minimum atomic E-state index is 0.552. The molecule has 1 aromatic heterocycles. The first kappa shape index (κ1) is 24.0. The Bertz CT molecular complexity index is 920. The highest BCUT2D eigenvalue weighted by Gasteiger charge is 2.21. The lowest BCUT2D eigenvalue weighted by atomic mass is 10.1. The van der Waals surface area contributed by atoms with Gasteiger partial charge in [-0.05, 0) is 64.5 Å². The molecule has 9 nitrogen and oxygen atoms in total. The van der Waals surface area contributed by atoms with E-state index in [1.165, 1.54) is 38.5 Å². The van der Waals surface area contributed by atoms with Gasteiger partial charge in [0.1, 0.15) is 11.5 Å². The summed E-state index contributed by atoms with van der Waals surface area (Å²) >= 11 is 0. The van der Waals surface area contributed by atoms with Crippen LogP contribution in [0.4, 0.5) is 17.8 Å². The number of nitrogens with zero attached hydrogens (tertiary/aromatic N) is 7. The van der Waals surface area contributed by atoms with Crippen molar-refractivity contribution in [3.63, 3.8) is 0 Å². The molecule has 0 bridgehead atoms. The Morgan fingerprint density at radius 1 is 0.853 bits per heavy atom. The van der Waals surface area contributed by atoms with Gasteiger partial charge in [-0.15, -0.1) is 0 Å². The minimum absolute atomic E-state index is 0.552. The number of hydrazone groups is 1. The average Bonchev–Trinajstić information content (AvgIpc) is 2.89. The molecule has 2 aliphatic heterocycles. The Morgan fingerprint density at radius 3 is 2.00 bits per heavy atom. The standard InChI is InChI=1S/C25H37N7O2/c1-4-33-21-13-12-20(22(18-21)34-5-2)19-26-30(3)23-27-24(31-14-8-6-9-15-31)29-25(28-23)32-16-10-7-11-17-32/h12-13,18-19H,4-11,14-17H2,1-3H3/b26-19-. The SMILES string of the molecule is CCOc1ccc(/C=N\N(C)c2nc(N3CCCCC3)nc(N3CCCCC3)n2)c(OCC)c1. The van der Waals surface area contributed by atoms with Crippen LogP contribution < -0.4 is 24.3 Å². The summed E-state index contributed by atoms with van der Waals surface area (Å²) in [6, 6.07) is 5.79. The monoisotopic (exact) mass is 467 g/mol. The van der Waals surface area contributed by atoms with Crippen molar-refractivity contribution in [3.8, 4) is 11.5 Å². The van der Waals surface area contributed by atoms with E-state index >= 15 is 0 Å². The molecule has 0 N–H and O–H groups in total. The summed E-state index contributed by atoms with van der Waals surface area (Å²) in [5.74, 6) is 3.58. The molecular formula is C25H37N7O2. The molecule has 1 aromatic carbocycles. The van der Waals surface area contributed by atoms with Gasteiger partial charge in [0.15, 0.2) is 0 Å². The fourth-order valence-electron chi connectivity index (χ4n) is 4.32. The van der Waals surface area contributed by atoms with Crippen molar-refractivity contribution in [2.75, 3.05) is 61.2 Å². The van der Waals surface area contributed by atoms with Gasteiger partial charge in [0.05, 0.1) is 19.4 Å². The van der Waals surface area contributed by atoms with E-state index in [9.17, 15) is 0 Å². The molecule has 0 radical (unpaired) electrons. The van der Waals surface area contributed by atoms with Crippen molar-refractivity contribution in [3.05, 3.63) is 23.8 Å². The molecule has 2 aromatic rings. The lowest BCUT2D eigenvalue weighted by Crippen LogP contribution is -2.35. The first-order valence-electron chi connectivity index (χ1n) is 12.6. The van der Waals surface area contributed by atoms with Crippen molar-refractivity contribution >= 4 is 24.1 Å². The molecule has 0 spiro atoms. The lowest BCUT2D eigenvalue weighted by molar-refractivity contribution is 0.323. The van der Waals surface area contributed by atoms with E-state index < -0.39 is 0 Å². The smallest absolute Gasteiger partial charge is 0.252 e. The third-order valence-electron chi connectivity index (χ3n) is 6.13. The van der Waals surface area contributed by atoms with E-state index in [2.05, 4.69) is 14.9 Å². The Labute approximate surface area is 202 Å². The fraction of sp³-hybridized carbons (Fsp3) is 0.600. The summed E-state index contributed by atoms with van der Waals surface area (Å²) in [5.41, 5.74) is 0.874. The molecule has 3 heterocycles. The average molecular weight is 468 g/mol. The molecule has 0 amide bonds. The van der Waals surface area contributed by atoms with Crippen LogP contribution >= 0.6 is 0 Å². The molecule has 0 unspecified atom stereocenters. The number of piperidine rings is 2. The summed E-state index contributed by atoms with van der Waals surface area (Å²) in [7, 11) is 1.88. The minimum Gasteiger partial charge on any atom is -0.494 e. The second kappa shape index (κ2) is 11.9. The van der Waals surface area contributed by atoms with Crippen LogP contribution in [0.15, 0.2) is 23.3 Å². The summed E-state index contributed by atoms with van der Waals surface area (Å²) in [6.45, 7) is 9.06. The number of benzene rings is 1. The van der Waals surface area contributed by atoms with Crippen LogP contribution in [-0.2, 0) is 0 Å². The number of hydrogen-bond donors (Lipinski definition) is 0. The van der Waals surface area contributed by atoms with E-state index in [1.54, 1.807) is 11.2 Å². The zero-order chi connectivity index (χ0) is 23.8. The van der Waals surface area contributed by atoms with Crippen molar-refractivity contribution in [1.82, 2.24) is 15.0 Å². The van der Waals surface area contributed by atoms with Gasteiger partial charge < -0.3 is 19.3 Å². The second-order valence-corrected chi connectivity index (χ2v) is 8.66. The largest absolute Gasteiger partial charge is 0.494 e. The van der Waals surface area contributed by atoms with Crippen LogP contribution in [0.3, 0.4) is 0 Å². The maximum atomic E-state index is 5.81. The first-order valence-corrected chi connectivity index (χ1v) is 12.6. The molecule has 2 aliphatic rings. The summed E-state index contributed by atoms with van der Waals surface area (Å²) in [5, 5.41) is 6.37. The fourth-order valence-corrected chi connectivity index (χ4v) is 4.32. The first-order chi connectivity index (χ1) is 16.7. The van der Waals surface area contributed by atoms with Crippen molar-refractivity contribution in [2.24, 2.45) is 5.10 Å². The van der Waals surface area contributed by atoms with Gasteiger partial charge in [0.2, 0.25) is 11.9 Å². The molecule has 34 heavy (non-hydrogen) atoms. The Balaban J connectivity index is 1.60. The van der Waals surface area contributed by atoms with Crippen molar-refractivity contribution in [2.45, 2.75) is 52.4 Å². The van der Waals surface area contributed by atoms with Crippen LogP contribution in [0.5, 0.6) is 11.5 Å². The van der Waals surface area contributed by atoms with Crippen LogP contribution in [0.1, 0.15) is 57.9 Å². The molecule has 0 aliphatic carbocycles. The lowest BCUT2D eigenvalue weighted by Gasteiger charge is -2.30. The van der Waals surface area contributed by atoms with Gasteiger partial charge in [-0.3, -0.25) is 0 Å². The van der Waals surface area contributed by atoms with Gasteiger partial charge in [-0.25, -0.2) is 5.01 Å². The third kappa shape index (κ3) is 6.07. The molecule has 9 heteroatoms. The molecule has 4 rings (SSSR count). The molecule has 184 valence electrons. The maximum Gasteiger partial charge on any atom is 0.252 e. The van der Waals surface area contributed by atoms with Gasteiger partial charge in [0, 0.05) is 44.9 Å². The summed E-state index contributed by atoms with van der Waals surface area (Å²) < 4.78 is 11.4. The van der Waals surface area contributed by atoms with Crippen molar-refractivity contribution in [1.29, 1.82) is 0 Å².